The molecule has 0 aliphatic heterocycles. The number of halogens is 1. The van der Waals surface area contributed by atoms with Crippen LogP contribution >= 0.6 is 15.9 Å². The Labute approximate surface area is 123 Å². The summed E-state index contributed by atoms with van der Waals surface area (Å²) < 4.78 is 7.61. The number of anilines is 1. The van der Waals surface area contributed by atoms with Gasteiger partial charge in [-0.2, -0.15) is 9.78 Å². The fourth-order valence-corrected chi connectivity index (χ4v) is 2.24. The first kappa shape index (κ1) is 12.9. The van der Waals surface area contributed by atoms with Gasteiger partial charge in [0, 0.05) is 17.5 Å². The van der Waals surface area contributed by atoms with E-state index in [4.69, 9.17) is 10.2 Å². The number of nitrogen functional groups attached to an aromatic ring is 1. The van der Waals surface area contributed by atoms with Crippen molar-refractivity contribution in [2.75, 3.05) is 5.73 Å². The van der Waals surface area contributed by atoms with Crippen LogP contribution < -0.4 is 5.73 Å². The van der Waals surface area contributed by atoms with Gasteiger partial charge < -0.3 is 10.2 Å². The van der Waals surface area contributed by atoms with Crippen molar-refractivity contribution in [1.29, 1.82) is 0 Å². The molecule has 0 atom stereocenters. The van der Waals surface area contributed by atoms with E-state index in [2.05, 4.69) is 31.0 Å². The average Bonchev–Trinajstić information content (AvgIpc) is 2.94. The first-order valence-corrected chi connectivity index (χ1v) is 6.76. The summed E-state index contributed by atoms with van der Waals surface area (Å²) in [6.07, 6.45) is 0. The maximum atomic E-state index is 5.98. The summed E-state index contributed by atoms with van der Waals surface area (Å²) in [6, 6.07) is 7.25. The van der Waals surface area contributed by atoms with Crippen LogP contribution in [-0.4, -0.2) is 19.7 Å². The predicted octanol–water partition coefficient (Wildman–Crippen LogP) is 2.88. The van der Waals surface area contributed by atoms with Gasteiger partial charge >= 0.3 is 0 Å². The number of aryl methyl sites for hydroxylation is 2. The van der Waals surface area contributed by atoms with Gasteiger partial charge in [0.1, 0.15) is 11.5 Å². The molecule has 102 valence electrons. The second kappa shape index (κ2) is 4.75. The molecule has 3 heterocycles. The maximum Gasteiger partial charge on any atom is 0.252 e. The van der Waals surface area contributed by atoms with E-state index >= 15 is 0 Å². The van der Waals surface area contributed by atoms with E-state index < -0.39 is 0 Å². The van der Waals surface area contributed by atoms with Crippen molar-refractivity contribution in [2.45, 2.75) is 13.8 Å². The Kier molecular flexibility index (Phi) is 3.06. The van der Waals surface area contributed by atoms with Gasteiger partial charge in [0.2, 0.25) is 0 Å². The third-order valence-corrected chi connectivity index (χ3v) is 3.15. The van der Waals surface area contributed by atoms with E-state index in [9.17, 15) is 0 Å². The van der Waals surface area contributed by atoms with Gasteiger partial charge in [-0.1, -0.05) is 0 Å². The van der Waals surface area contributed by atoms with Crippen molar-refractivity contribution >= 4 is 21.7 Å². The fourth-order valence-electron chi connectivity index (χ4n) is 1.93. The Morgan fingerprint density at radius 2 is 1.85 bits per heavy atom. The minimum absolute atomic E-state index is 0.455. The van der Waals surface area contributed by atoms with Gasteiger partial charge in [-0.3, -0.25) is 0 Å². The van der Waals surface area contributed by atoms with Gasteiger partial charge in [0.05, 0.1) is 0 Å². The van der Waals surface area contributed by atoms with Crippen LogP contribution in [0.5, 0.6) is 0 Å². The molecule has 0 bridgehead atoms. The highest BCUT2D eigenvalue weighted by atomic mass is 79.9. The topological polar surface area (TPSA) is 82.8 Å². The number of hydrogen-bond donors (Lipinski definition) is 1. The molecule has 0 aliphatic carbocycles. The molecule has 6 nitrogen and oxygen atoms in total. The van der Waals surface area contributed by atoms with Crippen molar-refractivity contribution in [3.05, 3.63) is 40.3 Å². The lowest BCUT2D eigenvalue weighted by Crippen LogP contribution is -2.08. The Balaban J connectivity index is 2.09. The van der Waals surface area contributed by atoms with Crippen LogP contribution in [0, 0.1) is 13.8 Å². The molecule has 0 unspecified atom stereocenters. The third kappa shape index (κ3) is 2.32. The normalized spacial score (nSPS) is 10.9. The van der Waals surface area contributed by atoms with Crippen molar-refractivity contribution < 1.29 is 4.42 Å². The van der Waals surface area contributed by atoms with E-state index in [1.807, 2.05) is 26.0 Å². The van der Waals surface area contributed by atoms with Gasteiger partial charge in [0.25, 0.3) is 5.95 Å². The predicted molar refractivity (Wildman–Crippen MR) is 78.4 cm³/mol. The second-order valence-electron chi connectivity index (χ2n) is 4.42. The highest BCUT2D eigenvalue weighted by Gasteiger charge is 2.13. The Hall–Kier alpha value is -2.15. The number of aromatic nitrogens is 4. The zero-order chi connectivity index (χ0) is 14.3. The Morgan fingerprint density at radius 1 is 1.15 bits per heavy atom. The lowest BCUT2D eigenvalue weighted by molar-refractivity contribution is 0.552. The first-order chi connectivity index (χ1) is 9.52. The lowest BCUT2D eigenvalue weighted by Gasteiger charge is -2.04. The van der Waals surface area contributed by atoms with Crippen LogP contribution in [0.1, 0.15) is 11.4 Å². The molecule has 0 aromatic carbocycles. The molecule has 0 fully saturated rings. The van der Waals surface area contributed by atoms with Crippen molar-refractivity contribution in [3.63, 3.8) is 0 Å². The van der Waals surface area contributed by atoms with E-state index in [0.717, 1.165) is 11.4 Å². The molecule has 3 aromatic rings. The van der Waals surface area contributed by atoms with E-state index in [1.165, 1.54) is 4.68 Å². The third-order valence-electron chi connectivity index (χ3n) is 2.72. The first-order valence-electron chi connectivity index (χ1n) is 5.97. The van der Waals surface area contributed by atoms with Crippen molar-refractivity contribution in [1.82, 2.24) is 19.7 Å². The summed E-state index contributed by atoms with van der Waals surface area (Å²) in [5.74, 6) is 1.54. The standard InChI is InChI=1S/C13H12BrN5O/c1-7-5-8(2)17-13(16-7)19-12(15)6-9(18-19)10-3-4-11(14)20-10/h3-6H,15H2,1-2H3. The molecule has 3 aromatic heterocycles. The molecule has 2 N–H and O–H groups in total. The number of rotatable bonds is 2. The Morgan fingerprint density at radius 3 is 2.45 bits per heavy atom. The molecule has 0 aliphatic rings. The summed E-state index contributed by atoms with van der Waals surface area (Å²) in [7, 11) is 0. The molecule has 0 amide bonds. The highest BCUT2D eigenvalue weighted by molar-refractivity contribution is 9.10. The summed E-state index contributed by atoms with van der Waals surface area (Å²) in [4.78, 5) is 8.69. The smallest absolute Gasteiger partial charge is 0.252 e. The van der Waals surface area contributed by atoms with Crippen LogP contribution in [0.2, 0.25) is 0 Å². The molecule has 0 spiro atoms. The SMILES string of the molecule is Cc1cc(C)nc(-n2nc(-c3ccc(Br)o3)cc2N)n1. The monoisotopic (exact) mass is 333 g/mol. The largest absolute Gasteiger partial charge is 0.448 e. The molecular weight excluding hydrogens is 322 g/mol. The van der Waals surface area contributed by atoms with E-state index in [-0.39, 0.29) is 0 Å². The summed E-state index contributed by atoms with van der Waals surface area (Å²) in [5, 5.41) is 4.40. The van der Waals surface area contributed by atoms with Gasteiger partial charge in [0.15, 0.2) is 10.4 Å². The molecule has 0 saturated heterocycles. The molecule has 7 heteroatoms. The van der Waals surface area contributed by atoms with Crippen LogP contribution in [0.25, 0.3) is 17.4 Å². The second-order valence-corrected chi connectivity index (χ2v) is 5.20. The quantitative estimate of drug-likeness (QED) is 0.779. The minimum Gasteiger partial charge on any atom is -0.448 e. The van der Waals surface area contributed by atoms with Crippen LogP contribution in [0.15, 0.2) is 33.4 Å². The zero-order valence-electron chi connectivity index (χ0n) is 11.0. The minimum atomic E-state index is 0.455. The fraction of sp³-hybridized carbons (Fsp3) is 0.154. The molecular formula is C13H12BrN5O. The average molecular weight is 334 g/mol. The number of nitrogens with zero attached hydrogens (tertiary/aromatic N) is 4. The maximum absolute atomic E-state index is 5.98. The van der Waals surface area contributed by atoms with Gasteiger partial charge in [-0.05, 0) is 48.0 Å². The Bertz CT molecular complexity index is 757. The molecule has 0 saturated carbocycles. The highest BCUT2D eigenvalue weighted by Crippen LogP contribution is 2.26. The number of hydrogen-bond acceptors (Lipinski definition) is 5. The van der Waals surface area contributed by atoms with Crippen molar-refractivity contribution in [2.24, 2.45) is 0 Å². The summed E-state index contributed by atoms with van der Waals surface area (Å²) >= 11 is 3.26. The van der Waals surface area contributed by atoms with Crippen LogP contribution in [0.4, 0.5) is 5.82 Å². The number of nitrogens with two attached hydrogens (primary N) is 1. The van der Waals surface area contributed by atoms with Gasteiger partial charge in [-0.15, -0.1) is 0 Å². The van der Waals surface area contributed by atoms with Gasteiger partial charge in [-0.25, -0.2) is 9.97 Å². The zero-order valence-corrected chi connectivity index (χ0v) is 12.5. The van der Waals surface area contributed by atoms with E-state index in [1.54, 1.807) is 12.1 Å². The van der Waals surface area contributed by atoms with Crippen molar-refractivity contribution in [3.8, 4) is 17.4 Å². The summed E-state index contributed by atoms with van der Waals surface area (Å²) in [6.45, 7) is 3.81. The number of furan rings is 1. The summed E-state index contributed by atoms with van der Waals surface area (Å²) in [5.41, 5.74) is 8.35. The van der Waals surface area contributed by atoms with E-state index in [0.29, 0.717) is 27.9 Å². The molecule has 3 rings (SSSR count). The molecule has 0 radical (unpaired) electrons. The lowest BCUT2D eigenvalue weighted by atomic mass is 10.3. The van der Waals surface area contributed by atoms with Crippen LogP contribution in [-0.2, 0) is 0 Å². The van der Waals surface area contributed by atoms with Crippen LogP contribution in [0.3, 0.4) is 0 Å². The molecule has 20 heavy (non-hydrogen) atoms.